The van der Waals surface area contributed by atoms with Crippen molar-refractivity contribution in [3.8, 4) is 17.6 Å². The van der Waals surface area contributed by atoms with Crippen molar-refractivity contribution in [1.82, 2.24) is 10.6 Å². The minimum absolute atomic E-state index is 0.0507. The van der Waals surface area contributed by atoms with E-state index in [-0.39, 0.29) is 11.5 Å². The van der Waals surface area contributed by atoms with E-state index in [1.165, 1.54) is 6.20 Å². The lowest BCUT2D eigenvalue weighted by molar-refractivity contribution is -0.117. The summed E-state index contributed by atoms with van der Waals surface area (Å²) in [5.41, 5.74) is 2.20. The predicted octanol–water partition coefficient (Wildman–Crippen LogP) is 2.60. The number of rotatable bonds is 10. The number of hydrogen-bond donors (Lipinski definition) is 2. The number of nitriles is 1. The fourth-order valence-corrected chi connectivity index (χ4v) is 2.65. The van der Waals surface area contributed by atoms with Crippen molar-refractivity contribution in [3.63, 3.8) is 0 Å². The largest absolute Gasteiger partial charge is 0.497 e. The van der Waals surface area contributed by atoms with E-state index in [1.807, 2.05) is 54.6 Å². The van der Waals surface area contributed by atoms with E-state index in [0.29, 0.717) is 19.5 Å². The topological polar surface area (TPSA) is 83.4 Å². The summed E-state index contributed by atoms with van der Waals surface area (Å²) < 4.78 is 10.4. The van der Waals surface area contributed by atoms with E-state index in [9.17, 15) is 10.1 Å². The van der Waals surface area contributed by atoms with E-state index in [0.717, 1.165) is 29.0 Å². The van der Waals surface area contributed by atoms with Crippen molar-refractivity contribution in [1.29, 1.82) is 5.26 Å². The van der Waals surface area contributed by atoms with Gasteiger partial charge in [0, 0.05) is 19.3 Å². The highest BCUT2D eigenvalue weighted by Crippen LogP contribution is 2.17. The number of nitrogens with one attached hydrogen (secondary N) is 2. The summed E-state index contributed by atoms with van der Waals surface area (Å²) in [5.74, 6) is 1.23. The number of para-hydroxylation sites is 1. The fraction of sp³-hybridized carbons (Fsp3) is 0.273. The van der Waals surface area contributed by atoms with Gasteiger partial charge in [-0.15, -0.1) is 0 Å². The van der Waals surface area contributed by atoms with E-state index in [4.69, 9.17) is 9.47 Å². The van der Waals surface area contributed by atoms with E-state index in [2.05, 4.69) is 10.6 Å². The molecule has 146 valence electrons. The summed E-state index contributed by atoms with van der Waals surface area (Å²) in [6, 6.07) is 17.3. The van der Waals surface area contributed by atoms with Gasteiger partial charge in [0.1, 0.15) is 23.1 Å². The molecule has 0 bridgehead atoms. The van der Waals surface area contributed by atoms with Crippen molar-refractivity contribution in [2.75, 3.05) is 27.3 Å². The standard InChI is InChI=1S/C22H25N3O3/c1-27-20-9-7-17(8-10-20)11-14-25-22(26)19(15-23)16-24-13-12-18-5-3-4-6-21(18)28-2/h3-10,16,24H,11-14H2,1-2H3,(H,25,26)/b19-16-. The Hall–Kier alpha value is -3.46. The number of methoxy groups -OCH3 is 2. The van der Waals surface area contributed by atoms with E-state index < -0.39 is 0 Å². The zero-order chi connectivity index (χ0) is 20.2. The molecule has 0 aliphatic rings. The highest BCUT2D eigenvalue weighted by Gasteiger charge is 2.08. The van der Waals surface area contributed by atoms with Crippen molar-refractivity contribution >= 4 is 5.91 Å². The SMILES string of the molecule is COc1ccc(CCNC(=O)/C(C#N)=C\NCCc2ccccc2OC)cc1. The Balaban J connectivity index is 1.77. The maximum Gasteiger partial charge on any atom is 0.263 e. The molecule has 6 heteroatoms. The molecular formula is C22H25N3O3. The lowest BCUT2D eigenvalue weighted by atomic mass is 10.1. The maximum atomic E-state index is 12.1. The van der Waals surface area contributed by atoms with Crippen LogP contribution >= 0.6 is 0 Å². The van der Waals surface area contributed by atoms with E-state index in [1.54, 1.807) is 14.2 Å². The Kier molecular flexibility index (Phi) is 8.41. The normalized spacial score (nSPS) is 10.7. The smallest absolute Gasteiger partial charge is 0.263 e. The molecule has 0 unspecified atom stereocenters. The molecule has 0 radical (unpaired) electrons. The lowest BCUT2D eigenvalue weighted by Gasteiger charge is -2.08. The first-order valence-corrected chi connectivity index (χ1v) is 9.04. The molecule has 0 fully saturated rings. The van der Waals surface area contributed by atoms with Gasteiger partial charge < -0.3 is 20.1 Å². The molecule has 0 aliphatic carbocycles. The molecule has 0 aromatic heterocycles. The van der Waals surface area contributed by atoms with Crippen LogP contribution in [-0.4, -0.2) is 33.2 Å². The highest BCUT2D eigenvalue weighted by atomic mass is 16.5. The molecule has 1 amide bonds. The number of carbonyl (C=O) groups excluding carboxylic acids is 1. The number of hydrogen-bond acceptors (Lipinski definition) is 5. The third-order valence-electron chi connectivity index (χ3n) is 4.20. The molecule has 6 nitrogen and oxygen atoms in total. The Morgan fingerprint density at radius 3 is 2.46 bits per heavy atom. The second-order valence-corrected chi connectivity index (χ2v) is 6.04. The molecule has 0 atom stereocenters. The third kappa shape index (κ3) is 6.36. The second kappa shape index (κ2) is 11.3. The van der Waals surface area contributed by atoms with Crippen LogP contribution < -0.4 is 20.1 Å². The predicted molar refractivity (Wildman–Crippen MR) is 108 cm³/mol. The minimum Gasteiger partial charge on any atom is -0.497 e. The fourth-order valence-electron chi connectivity index (χ4n) is 2.65. The minimum atomic E-state index is -0.388. The second-order valence-electron chi connectivity index (χ2n) is 6.04. The van der Waals surface area contributed by atoms with Crippen LogP contribution in [0.25, 0.3) is 0 Å². The quantitative estimate of drug-likeness (QED) is 0.377. The molecule has 2 aromatic rings. The van der Waals surface area contributed by atoms with Gasteiger partial charge in [0.05, 0.1) is 14.2 Å². The van der Waals surface area contributed by atoms with Crippen LogP contribution in [0.1, 0.15) is 11.1 Å². The monoisotopic (exact) mass is 379 g/mol. The van der Waals surface area contributed by atoms with Crippen molar-refractivity contribution in [2.24, 2.45) is 0 Å². The molecular weight excluding hydrogens is 354 g/mol. The van der Waals surface area contributed by atoms with Crippen LogP contribution in [0.4, 0.5) is 0 Å². The van der Waals surface area contributed by atoms with Gasteiger partial charge in [-0.05, 0) is 42.2 Å². The maximum absolute atomic E-state index is 12.1. The number of ether oxygens (including phenoxy) is 2. The van der Waals surface area contributed by atoms with Crippen LogP contribution in [0.3, 0.4) is 0 Å². The van der Waals surface area contributed by atoms with Crippen LogP contribution in [0.5, 0.6) is 11.5 Å². The molecule has 28 heavy (non-hydrogen) atoms. The summed E-state index contributed by atoms with van der Waals surface area (Å²) in [5, 5.41) is 15.0. The van der Waals surface area contributed by atoms with Gasteiger partial charge in [0.2, 0.25) is 0 Å². The summed E-state index contributed by atoms with van der Waals surface area (Å²) in [6.45, 7) is 1.04. The number of amides is 1. The zero-order valence-electron chi connectivity index (χ0n) is 16.2. The first-order valence-electron chi connectivity index (χ1n) is 9.04. The molecule has 0 saturated heterocycles. The highest BCUT2D eigenvalue weighted by molar-refractivity contribution is 5.97. The lowest BCUT2D eigenvalue weighted by Crippen LogP contribution is -2.28. The van der Waals surface area contributed by atoms with Gasteiger partial charge >= 0.3 is 0 Å². The Bertz CT molecular complexity index is 839. The first-order chi connectivity index (χ1) is 13.7. The molecule has 2 rings (SSSR count). The summed E-state index contributed by atoms with van der Waals surface area (Å²) in [4.78, 5) is 12.1. The zero-order valence-corrected chi connectivity index (χ0v) is 16.2. The number of benzene rings is 2. The van der Waals surface area contributed by atoms with Crippen LogP contribution in [0.15, 0.2) is 60.3 Å². The van der Waals surface area contributed by atoms with Gasteiger partial charge in [0.25, 0.3) is 5.91 Å². The summed E-state index contributed by atoms with van der Waals surface area (Å²) in [7, 11) is 3.26. The average molecular weight is 379 g/mol. The van der Waals surface area contributed by atoms with Gasteiger partial charge in [-0.3, -0.25) is 4.79 Å². The molecule has 0 spiro atoms. The molecule has 0 saturated carbocycles. The molecule has 0 aliphatic heterocycles. The van der Waals surface area contributed by atoms with Crippen LogP contribution in [-0.2, 0) is 17.6 Å². The first kappa shape index (κ1) is 20.8. The summed E-state index contributed by atoms with van der Waals surface area (Å²) >= 11 is 0. The third-order valence-corrected chi connectivity index (χ3v) is 4.20. The molecule has 2 aromatic carbocycles. The van der Waals surface area contributed by atoms with Gasteiger partial charge in [0.15, 0.2) is 0 Å². The number of nitrogens with zero attached hydrogens (tertiary/aromatic N) is 1. The van der Waals surface area contributed by atoms with E-state index >= 15 is 0 Å². The van der Waals surface area contributed by atoms with Gasteiger partial charge in [-0.2, -0.15) is 5.26 Å². The Labute approximate surface area is 165 Å². The Morgan fingerprint density at radius 2 is 1.79 bits per heavy atom. The van der Waals surface area contributed by atoms with Crippen molar-refractivity contribution in [2.45, 2.75) is 12.8 Å². The van der Waals surface area contributed by atoms with Crippen molar-refractivity contribution < 1.29 is 14.3 Å². The van der Waals surface area contributed by atoms with Crippen LogP contribution in [0.2, 0.25) is 0 Å². The molecule has 2 N–H and O–H groups in total. The van der Waals surface area contributed by atoms with Crippen molar-refractivity contribution in [3.05, 3.63) is 71.4 Å². The van der Waals surface area contributed by atoms with Gasteiger partial charge in [-0.1, -0.05) is 30.3 Å². The van der Waals surface area contributed by atoms with Crippen LogP contribution in [0, 0.1) is 11.3 Å². The molecule has 0 heterocycles. The van der Waals surface area contributed by atoms with Gasteiger partial charge in [-0.25, -0.2) is 0 Å². The number of carbonyl (C=O) groups is 1. The Morgan fingerprint density at radius 1 is 1.04 bits per heavy atom. The average Bonchev–Trinajstić information content (AvgIpc) is 2.74. The summed E-state index contributed by atoms with van der Waals surface area (Å²) in [6.07, 6.45) is 2.85.